The predicted octanol–water partition coefficient (Wildman–Crippen LogP) is 5.11. The normalized spacial score (nSPS) is 16.9. The molecule has 0 fully saturated rings. The zero-order valence-corrected chi connectivity index (χ0v) is 19.3. The van der Waals surface area contributed by atoms with Crippen molar-refractivity contribution in [3.05, 3.63) is 120 Å². The Morgan fingerprint density at radius 1 is 0.914 bits per heavy atom. The molecule has 4 aromatic rings. The number of rotatable bonds is 5. The number of esters is 1. The third-order valence-electron chi connectivity index (χ3n) is 5.97. The molecule has 0 spiro atoms. The van der Waals surface area contributed by atoms with Gasteiger partial charge < -0.3 is 14.6 Å². The Kier molecular flexibility index (Phi) is 5.68. The Balaban J connectivity index is 1.77. The molecule has 0 aliphatic carbocycles. The Bertz CT molecular complexity index is 1420. The highest BCUT2D eigenvalue weighted by Crippen LogP contribution is 2.41. The number of aliphatic hydroxyl groups excluding tert-OH is 1. The number of nitrogens with zero attached hydrogens (tertiary/aromatic N) is 2. The monoisotopic (exact) mass is 471 g/mol. The number of hydrogen-bond acceptors (Lipinski definition) is 5. The minimum absolute atomic E-state index is 0.0627. The molecule has 1 N–H and O–H groups in total. The van der Waals surface area contributed by atoms with Gasteiger partial charge in [-0.3, -0.25) is 0 Å². The molecule has 1 aliphatic heterocycles. The third-order valence-corrected chi connectivity index (χ3v) is 5.97. The summed E-state index contributed by atoms with van der Waals surface area (Å²) in [6.45, 7) is 3.08. The smallest absolute Gasteiger partial charge is 0.345 e. The van der Waals surface area contributed by atoms with E-state index in [1.807, 2.05) is 71.6 Å². The summed E-state index contributed by atoms with van der Waals surface area (Å²) in [5.41, 5.74) is 1.95. The largest absolute Gasteiger partial charge is 0.480 e. The number of hydrogen-bond donors (Lipinski definition) is 1. The second kappa shape index (κ2) is 8.83. The summed E-state index contributed by atoms with van der Waals surface area (Å²) in [7, 11) is 0. The van der Waals surface area contributed by atoms with Crippen molar-refractivity contribution in [2.75, 3.05) is 0 Å². The van der Waals surface area contributed by atoms with Crippen molar-refractivity contribution >= 4 is 16.9 Å². The number of pyridine rings is 2. The molecule has 2 atom stereocenters. The SMILES string of the molecule is CC1(C)OC(=O)C(C(c2ccc(F)cc2)C(c2ccc3ccccc3n2)[n+]2ccccc2)=C(O)O1. The van der Waals surface area contributed by atoms with Gasteiger partial charge in [-0.2, -0.15) is 4.57 Å². The number of carbonyl (C=O) groups is 1. The molecule has 7 heteroatoms. The van der Waals surface area contributed by atoms with Crippen molar-refractivity contribution in [2.45, 2.75) is 31.6 Å². The molecule has 0 amide bonds. The number of benzene rings is 2. The van der Waals surface area contributed by atoms with Gasteiger partial charge in [0.2, 0.25) is 6.04 Å². The van der Waals surface area contributed by atoms with E-state index >= 15 is 0 Å². The molecule has 2 unspecified atom stereocenters. The summed E-state index contributed by atoms with van der Waals surface area (Å²) in [5, 5.41) is 11.9. The minimum Gasteiger partial charge on any atom is -0.480 e. The molecule has 0 bridgehead atoms. The van der Waals surface area contributed by atoms with Crippen molar-refractivity contribution in [3.63, 3.8) is 0 Å². The van der Waals surface area contributed by atoms with E-state index < -0.39 is 35.5 Å². The molecular formula is C28H24FN2O4+. The predicted molar refractivity (Wildman–Crippen MR) is 127 cm³/mol. The maximum Gasteiger partial charge on any atom is 0.345 e. The first-order chi connectivity index (χ1) is 16.8. The zero-order valence-electron chi connectivity index (χ0n) is 19.3. The maximum absolute atomic E-state index is 13.9. The van der Waals surface area contributed by atoms with E-state index in [1.165, 1.54) is 12.1 Å². The molecular weight excluding hydrogens is 447 g/mol. The quantitative estimate of drug-likeness (QED) is 0.323. The molecule has 2 aromatic heterocycles. The lowest BCUT2D eigenvalue weighted by Gasteiger charge is -2.34. The minimum atomic E-state index is -1.32. The summed E-state index contributed by atoms with van der Waals surface area (Å²) in [4.78, 5) is 18.2. The Hall–Kier alpha value is -4.26. The number of halogens is 1. The lowest BCUT2D eigenvalue weighted by Crippen LogP contribution is -2.46. The van der Waals surface area contributed by atoms with E-state index in [0.29, 0.717) is 11.3 Å². The summed E-state index contributed by atoms with van der Waals surface area (Å²) in [6.07, 6.45) is 3.71. The molecule has 35 heavy (non-hydrogen) atoms. The zero-order chi connectivity index (χ0) is 24.6. The van der Waals surface area contributed by atoms with Crippen LogP contribution in [0, 0.1) is 5.82 Å². The van der Waals surface area contributed by atoms with Crippen molar-refractivity contribution in [1.29, 1.82) is 0 Å². The van der Waals surface area contributed by atoms with Crippen LogP contribution < -0.4 is 4.57 Å². The molecule has 176 valence electrons. The first-order valence-electron chi connectivity index (χ1n) is 11.2. The standard InChI is InChI=1S/C28H23FN2O4/c1-28(2)34-26(32)24(27(33)35-28)23(19-10-13-20(29)14-11-19)25(31-16-6-3-7-17-31)22-15-12-18-8-4-5-9-21(18)30-22/h3-17,23,25H,1-2H3/p+1. The molecule has 0 radical (unpaired) electrons. The second-order valence-corrected chi connectivity index (χ2v) is 8.84. The van der Waals surface area contributed by atoms with Crippen LogP contribution in [0.15, 0.2) is 103 Å². The van der Waals surface area contributed by atoms with Crippen LogP contribution in [-0.4, -0.2) is 21.8 Å². The van der Waals surface area contributed by atoms with Crippen LogP contribution in [0.5, 0.6) is 0 Å². The van der Waals surface area contributed by atoms with Gasteiger partial charge in [0.1, 0.15) is 17.1 Å². The number of aliphatic hydroxyl groups is 1. The van der Waals surface area contributed by atoms with Gasteiger partial charge in [0.05, 0.1) is 11.4 Å². The van der Waals surface area contributed by atoms with E-state index in [9.17, 15) is 14.3 Å². The first-order valence-corrected chi connectivity index (χ1v) is 11.2. The highest BCUT2D eigenvalue weighted by atomic mass is 19.1. The van der Waals surface area contributed by atoms with Gasteiger partial charge in [-0.1, -0.05) is 42.5 Å². The molecule has 2 aromatic carbocycles. The van der Waals surface area contributed by atoms with Crippen LogP contribution in [0.3, 0.4) is 0 Å². The fourth-order valence-corrected chi connectivity index (χ4v) is 4.45. The number of fused-ring (bicyclic) bond motifs is 1. The highest BCUT2D eigenvalue weighted by Gasteiger charge is 2.47. The van der Waals surface area contributed by atoms with E-state index in [4.69, 9.17) is 14.5 Å². The van der Waals surface area contributed by atoms with Crippen molar-refractivity contribution in [3.8, 4) is 0 Å². The van der Waals surface area contributed by atoms with E-state index in [-0.39, 0.29) is 5.57 Å². The van der Waals surface area contributed by atoms with Crippen LogP contribution in [0.4, 0.5) is 4.39 Å². The highest BCUT2D eigenvalue weighted by molar-refractivity contribution is 5.91. The van der Waals surface area contributed by atoms with Crippen LogP contribution in [0.2, 0.25) is 0 Å². The summed E-state index contributed by atoms with van der Waals surface area (Å²) < 4.78 is 26.8. The lowest BCUT2D eigenvalue weighted by atomic mass is 9.82. The summed E-state index contributed by atoms with van der Waals surface area (Å²) in [6, 6.07) is 22.4. The molecule has 1 aliphatic rings. The summed E-state index contributed by atoms with van der Waals surface area (Å²) >= 11 is 0. The van der Waals surface area contributed by atoms with Crippen LogP contribution >= 0.6 is 0 Å². The van der Waals surface area contributed by atoms with Gasteiger partial charge in [-0.25, -0.2) is 14.2 Å². The van der Waals surface area contributed by atoms with Gasteiger partial charge in [-0.15, -0.1) is 0 Å². The average molecular weight is 472 g/mol. The fraction of sp³-hybridized carbons (Fsp3) is 0.179. The number of aromatic nitrogens is 2. The van der Waals surface area contributed by atoms with Gasteiger partial charge >= 0.3 is 5.97 Å². The number of carbonyl (C=O) groups excluding carboxylic acids is 1. The molecule has 3 heterocycles. The maximum atomic E-state index is 13.9. The molecule has 5 rings (SSSR count). The van der Waals surface area contributed by atoms with E-state index in [0.717, 1.165) is 10.9 Å². The van der Waals surface area contributed by atoms with Crippen LogP contribution in [0.1, 0.15) is 37.1 Å². The van der Waals surface area contributed by atoms with Crippen molar-refractivity contribution < 1.29 is 28.3 Å². The first kappa shape index (κ1) is 22.5. The number of para-hydroxylation sites is 1. The van der Waals surface area contributed by atoms with Crippen molar-refractivity contribution in [1.82, 2.24) is 4.98 Å². The molecule has 0 saturated heterocycles. The number of ether oxygens (including phenoxy) is 2. The third kappa shape index (κ3) is 4.45. The van der Waals surface area contributed by atoms with Gasteiger partial charge in [-0.05, 0) is 29.8 Å². The fourth-order valence-electron chi connectivity index (χ4n) is 4.45. The van der Waals surface area contributed by atoms with E-state index in [2.05, 4.69) is 0 Å². The van der Waals surface area contributed by atoms with Crippen LogP contribution in [-0.2, 0) is 14.3 Å². The molecule has 6 nitrogen and oxygen atoms in total. The van der Waals surface area contributed by atoms with Gasteiger partial charge in [0.25, 0.3) is 11.7 Å². The topological polar surface area (TPSA) is 72.5 Å². The Morgan fingerprint density at radius 2 is 1.63 bits per heavy atom. The Labute approximate surface area is 201 Å². The van der Waals surface area contributed by atoms with Gasteiger partial charge in [0, 0.05) is 31.4 Å². The van der Waals surface area contributed by atoms with E-state index in [1.54, 1.807) is 26.0 Å². The second-order valence-electron chi connectivity index (χ2n) is 8.84. The lowest BCUT2D eigenvalue weighted by molar-refractivity contribution is -0.716. The average Bonchev–Trinajstić information content (AvgIpc) is 2.83. The molecule has 0 saturated carbocycles. The Morgan fingerprint density at radius 3 is 2.34 bits per heavy atom. The van der Waals surface area contributed by atoms with Gasteiger partial charge in [0.15, 0.2) is 12.4 Å². The van der Waals surface area contributed by atoms with Crippen LogP contribution in [0.25, 0.3) is 10.9 Å². The van der Waals surface area contributed by atoms with Crippen molar-refractivity contribution in [2.24, 2.45) is 0 Å². The summed E-state index contributed by atoms with van der Waals surface area (Å²) in [5.74, 6) is -3.78. The number of cyclic esters (lactones) is 1.